The van der Waals surface area contributed by atoms with Crippen LogP contribution in [0.25, 0.3) is 0 Å². The molecule has 6 nitrogen and oxygen atoms in total. The third-order valence-electron chi connectivity index (χ3n) is 2.33. The summed E-state index contributed by atoms with van der Waals surface area (Å²) in [6.07, 6.45) is 0.897. The Morgan fingerprint density at radius 3 is 2.48 bits per heavy atom. The maximum absolute atomic E-state index is 11.6. The fraction of sp³-hybridized carbons (Fsp3) is 0.500. The average molecular weight is 315 g/mol. The molecule has 1 N–H and O–H groups in total. The molecule has 0 atom stereocenters. The molecule has 0 aliphatic rings. The van der Waals surface area contributed by atoms with E-state index in [9.17, 15) is 13.2 Å². The summed E-state index contributed by atoms with van der Waals surface area (Å²) < 4.78 is 35.0. The van der Waals surface area contributed by atoms with Crippen molar-refractivity contribution in [1.29, 1.82) is 0 Å². The monoisotopic (exact) mass is 315 g/mol. The van der Waals surface area contributed by atoms with E-state index < -0.39 is 15.9 Å². The van der Waals surface area contributed by atoms with Crippen LogP contribution in [-0.2, 0) is 21.2 Å². The number of rotatable bonds is 7. The predicted molar refractivity (Wildman–Crippen MR) is 80.1 cm³/mol. The molecule has 0 fully saturated rings. The molecule has 0 aromatic heterocycles. The molecule has 21 heavy (non-hydrogen) atoms. The van der Waals surface area contributed by atoms with Crippen molar-refractivity contribution in [2.75, 3.05) is 12.9 Å². The number of nitrogens with one attached hydrogen (secondary N) is 1. The fourth-order valence-electron chi connectivity index (χ4n) is 1.71. The van der Waals surface area contributed by atoms with Gasteiger partial charge in [0, 0.05) is 0 Å². The molecular formula is C14H21NO5S. The maximum Gasteiger partial charge on any atom is 0.237 e. The molecule has 0 radical (unpaired) electrons. The first kappa shape index (κ1) is 17.3. The van der Waals surface area contributed by atoms with E-state index in [1.807, 2.05) is 25.5 Å². The number of hydrogen-bond acceptors (Lipinski definition) is 5. The number of amides is 1. The molecule has 0 unspecified atom stereocenters. The van der Waals surface area contributed by atoms with E-state index in [4.69, 9.17) is 9.47 Å². The first-order valence-electron chi connectivity index (χ1n) is 6.64. The van der Waals surface area contributed by atoms with Gasteiger partial charge in [-0.25, -0.2) is 8.42 Å². The lowest BCUT2D eigenvalue weighted by atomic mass is 10.1. The lowest BCUT2D eigenvalue weighted by Gasteiger charge is -2.15. The van der Waals surface area contributed by atoms with Crippen LogP contribution in [0, 0.1) is 0 Å². The molecule has 0 aliphatic carbocycles. The van der Waals surface area contributed by atoms with Crippen molar-refractivity contribution in [3.05, 3.63) is 23.8 Å². The molecule has 0 saturated carbocycles. The lowest BCUT2D eigenvalue weighted by Crippen LogP contribution is -2.30. The first-order valence-corrected chi connectivity index (χ1v) is 8.53. The standard InChI is InChI=1S/C14H21NO5S/c1-5-19-13-8-11(6-7-12(13)20-10(2)3)9-14(16)15-21(4,17)18/h6-8,10H,5,9H2,1-4H3,(H,15,16). The fourth-order valence-corrected chi connectivity index (χ4v) is 2.20. The summed E-state index contributed by atoms with van der Waals surface area (Å²) in [4.78, 5) is 11.6. The van der Waals surface area contributed by atoms with Gasteiger partial charge in [-0.2, -0.15) is 0 Å². The number of ether oxygens (including phenoxy) is 2. The highest BCUT2D eigenvalue weighted by Gasteiger charge is 2.12. The summed E-state index contributed by atoms with van der Waals surface area (Å²) in [5.41, 5.74) is 0.649. The zero-order valence-electron chi connectivity index (χ0n) is 12.7. The SMILES string of the molecule is CCOc1cc(CC(=O)NS(C)(=O)=O)ccc1OC(C)C. The van der Waals surface area contributed by atoms with Crippen molar-refractivity contribution in [3.63, 3.8) is 0 Å². The zero-order valence-corrected chi connectivity index (χ0v) is 13.5. The van der Waals surface area contributed by atoms with Crippen LogP contribution < -0.4 is 14.2 Å². The molecule has 1 rings (SSSR count). The molecule has 1 aromatic rings. The van der Waals surface area contributed by atoms with Gasteiger partial charge in [0.15, 0.2) is 11.5 Å². The molecule has 0 aliphatic heterocycles. The third-order valence-corrected chi connectivity index (χ3v) is 2.93. The van der Waals surface area contributed by atoms with Gasteiger partial charge in [0.05, 0.1) is 25.4 Å². The summed E-state index contributed by atoms with van der Waals surface area (Å²) in [5, 5.41) is 0. The van der Waals surface area contributed by atoms with Gasteiger partial charge in [-0.3, -0.25) is 9.52 Å². The minimum atomic E-state index is -3.54. The highest BCUT2D eigenvalue weighted by molar-refractivity contribution is 7.89. The number of carbonyl (C=O) groups excluding carboxylic acids is 1. The van der Waals surface area contributed by atoms with Gasteiger partial charge in [0.2, 0.25) is 15.9 Å². The van der Waals surface area contributed by atoms with Crippen LogP contribution in [0.3, 0.4) is 0 Å². The van der Waals surface area contributed by atoms with Crippen molar-refractivity contribution >= 4 is 15.9 Å². The van der Waals surface area contributed by atoms with Crippen molar-refractivity contribution in [2.24, 2.45) is 0 Å². The molecule has 1 aromatic carbocycles. The molecule has 1 amide bonds. The summed E-state index contributed by atoms with van der Waals surface area (Å²) in [5.74, 6) is 0.549. The Morgan fingerprint density at radius 1 is 1.29 bits per heavy atom. The van der Waals surface area contributed by atoms with E-state index in [-0.39, 0.29) is 12.5 Å². The quantitative estimate of drug-likeness (QED) is 0.824. The highest BCUT2D eigenvalue weighted by Crippen LogP contribution is 2.29. The minimum Gasteiger partial charge on any atom is -0.490 e. The van der Waals surface area contributed by atoms with Crippen LogP contribution in [0.5, 0.6) is 11.5 Å². The number of benzene rings is 1. The van der Waals surface area contributed by atoms with E-state index in [0.717, 1.165) is 6.26 Å². The number of hydrogen-bond donors (Lipinski definition) is 1. The highest BCUT2D eigenvalue weighted by atomic mass is 32.2. The van der Waals surface area contributed by atoms with Crippen molar-refractivity contribution in [2.45, 2.75) is 33.3 Å². The first-order chi connectivity index (χ1) is 9.71. The average Bonchev–Trinajstić information content (AvgIpc) is 2.29. The molecule has 0 saturated heterocycles. The van der Waals surface area contributed by atoms with Crippen molar-refractivity contribution in [1.82, 2.24) is 4.72 Å². The van der Waals surface area contributed by atoms with E-state index >= 15 is 0 Å². The van der Waals surface area contributed by atoms with Crippen LogP contribution >= 0.6 is 0 Å². The van der Waals surface area contributed by atoms with Crippen LogP contribution in [-0.4, -0.2) is 33.3 Å². The Hall–Kier alpha value is -1.76. The normalized spacial score (nSPS) is 11.3. The third kappa shape index (κ3) is 6.48. The summed E-state index contributed by atoms with van der Waals surface area (Å²) >= 11 is 0. The van der Waals surface area contributed by atoms with Crippen molar-refractivity contribution < 1.29 is 22.7 Å². The van der Waals surface area contributed by atoms with Crippen LogP contribution in [0.2, 0.25) is 0 Å². The van der Waals surface area contributed by atoms with E-state index in [0.29, 0.717) is 23.7 Å². The Balaban J connectivity index is 2.89. The second-order valence-corrected chi connectivity index (χ2v) is 6.60. The van der Waals surface area contributed by atoms with Gasteiger partial charge < -0.3 is 9.47 Å². The molecule has 0 spiro atoms. The smallest absolute Gasteiger partial charge is 0.237 e. The minimum absolute atomic E-state index is 0.00332. The molecule has 118 valence electrons. The number of sulfonamides is 1. The topological polar surface area (TPSA) is 81.7 Å². The second kappa shape index (κ2) is 7.31. The van der Waals surface area contributed by atoms with Gasteiger partial charge in [0.25, 0.3) is 0 Å². The summed E-state index contributed by atoms with van der Waals surface area (Å²) in [7, 11) is -3.54. The van der Waals surface area contributed by atoms with Gasteiger partial charge in [0.1, 0.15) is 0 Å². The largest absolute Gasteiger partial charge is 0.490 e. The molecule has 0 heterocycles. The van der Waals surface area contributed by atoms with Crippen LogP contribution in [0.1, 0.15) is 26.3 Å². The Labute approximate surface area is 125 Å². The number of carbonyl (C=O) groups is 1. The predicted octanol–water partition coefficient (Wildman–Crippen LogP) is 1.49. The van der Waals surface area contributed by atoms with Gasteiger partial charge in [-0.05, 0) is 38.5 Å². The summed E-state index contributed by atoms with van der Waals surface area (Å²) in [6, 6.07) is 5.11. The molecular weight excluding hydrogens is 294 g/mol. The van der Waals surface area contributed by atoms with E-state index in [1.165, 1.54) is 0 Å². The van der Waals surface area contributed by atoms with E-state index in [1.54, 1.807) is 18.2 Å². The lowest BCUT2D eigenvalue weighted by molar-refractivity contribution is -0.118. The zero-order chi connectivity index (χ0) is 16.0. The Bertz CT molecular complexity index is 595. The summed E-state index contributed by atoms with van der Waals surface area (Å²) in [6.45, 7) is 6.13. The van der Waals surface area contributed by atoms with Crippen LogP contribution in [0.15, 0.2) is 18.2 Å². The molecule has 0 bridgehead atoms. The van der Waals surface area contributed by atoms with Gasteiger partial charge >= 0.3 is 0 Å². The van der Waals surface area contributed by atoms with Crippen molar-refractivity contribution in [3.8, 4) is 11.5 Å². The Morgan fingerprint density at radius 2 is 1.95 bits per heavy atom. The van der Waals surface area contributed by atoms with Gasteiger partial charge in [-0.15, -0.1) is 0 Å². The maximum atomic E-state index is 11.6. The second-order valence-electron chi connectivity index (χ2n) is 4.85. The Kier molecular flexibility index (Phi) is 6.02. The molecule has 7 heteroatoms. The van der Waals surface area contributed by atoms with Gasteiger partial charge in [-0.1, -0.05) is 6.07 Å². The van der Waals surface area contributed by atoms with Crippen LogP contribution in [0.4, 0.5) is 0 Å². The van der Waals surface area contributed by atoms with E-state index in [2.05, 4.69) is 0 Å².